The van der Waals surface area contributed by atoms with Crippen molar-refractivity contribution in [3.8, 4) is 5.75 Å². The molecular weight excluding hydrogens is 310 g/mol. The molecule has 2 aromatic rings. The number of hydrogen-bond donors (Lipinski definition) is 1. The Hall–Kier alpha value is -2.00. The molecule has 0 saturated carbocycles. The van der Waals surface area contributed by atoms with Gasteiger partial charge in [-0.25, -0.2) is 0 Å². The summed E-state index contributed by atoms with van der Waals surface area (Å²) < 4.78 is 5.39. The third-order valence-electron chi connectivity index (χ3n) is 3.73. The minimum absolute atomic E-state index is 0.0755. The van der Waals surface area contributed by atoms with Gasteiger partial charge < -0.3 is 10.1 Å². The fourth-order valence-electron chi connectivity index (χ4n) is 2.58. The molecule has 1 N–H and O–H groups in total. The smallest absolute Gasteiger partial charge is 0.251 e. The molecule has 0 spiro atoms. The fraction of sp³-hybridized carbons (Fsp3) is 0.316. The molecular formula is C19H22ClNO2. The van der Waals surface area contributed by atoms with Gasteiger partial charge in [0.25, 0.3) is 5.91 Å². The highest BCUT2D eigenvalue weighted by atomic mass is 35.5. The second kappa shape index (κ2) is 7.51. The summed E-state index contributed by atoms with van der Waals surface area (Å²) in [6.45, 7) is 8.52. The zero-order valence-electron chi connectivity index (χ0n) is 13.9. The van der Waals surface area contributed by atoms with E-state index in [0.29, 0.717) is 22.9 Å². The molecule has 0 fully saturated rings. The van der Waals surface area contributed by atoms with Crippen LogP contribution in [-0.2, 0) is 0 Å². The summed E-state index contributed by atoms with van der Waals surface area (Å²) in [4.78, 5) is 12.4. The summed E-state index contributed by atoms with van der Waals surface area (Å²) in [5.74, 6) is 0.440. The molecule has 2 rings (SSSR count). The highest BCUT2D eigenvalue weighted by Crippen LogP contribution is 2.26. The highest BCUT2D eigenvalue weighted by molar-refractivity contribution is 6.32. The van der Waals surface area contributed by atoms with Crippen LogP contribution in [0.25, 0.3) is 0 Å². The summed E-state index contributed by atoms with van der Waals surface area (Å²) in [6, 6.07) is 11.2. The number of aryl methyl sites for hydroxylation is 2. The first-order valence-corrected chi connectivity index (χ1v) is 8.10. The van der Waals surface area contributed by atoms with Gasteiger partial charge >= 0.3 is 0 Å². The van der Waals surface area contributed by atoms with E-state index in [1.54, 1.807) is 18.2 Å². The zero-order chi connectivity index (χ0) is 17.0. The maximum Gasteiger partial charge on any atom is 0.251 e. The van der Waals surface area contributed by atoms with E-state index in [2.05, 4.69) is 37.4 Å². The second-order valence-corrected chi connectivity index (χ2v) is 6.04. The summed E-state index contributed by atoms with van der Waals surface area (Å²) in [7, 11) is 0. The summed E-state index contributed by atoms with van der Waals surface area (Å²) in [5.41, 5.74) is 4.02. The molecule has 3 nitrogen and oxygen atoms in total. The number of ether oxygens (including phenoxy) is 1. The SMILES string of the molecule is CCOc1ccc(C(=O)N[C@@H](C)c2ccc(C)cc2C)cc1Cl. The number of amides is 1. The molecule has 0 radical (unpaired) electrons. The molecule has 1 atom stereocenters. The number of carbonyl (C=O) groups is 1. The average molecular weight is 332 g/mol. The van der Waals surface area contributed by atoms with Crippen molar-refractivity contribution in [2.75, 3.05) is 6.61 Å². The third-order valence-corrected chi connectivity index (χ3v) is 4.03. The molecule has 1 amide bonds. The van der Waals surface area contributed by atoms with Gasteiger partial charge in [0.05, 0.1) is 17.7 Å². The Kier molecular flexibility index (Phi) is 5.67. The van der Waals surface area contributed by atoms with Gasteiger partial charge in [-0.3, -0.25) is 4.79 Å². The van der Waals surface area contributed by atoms with Crippen LogP contribution in [0.2, 0.25) is 5.02 Å². The van der Waals surface area contributed by atoms with Crippen LogP contribution in [0.5, 0.6) is 5.75 Å². The van der Waals surface area contributed by atoms with Gasteiger partial charge in [-0.15, -0.1) is 0 Å². The normalized spacial score (nSPS) is 11.9. The van der Waals surface area contributed by atoms with Crippen molar-refractivity contribution in [1.82, 2.24) is 5.32 Å². The van der Waals surface area contributed by atoms with Crippen molar-refractivity contribution >= 4 is 17.5 Å². The van der Waals surface area contributed by atoms with Crippen LogP contribution in [0.15, 0.2) is 36.4 Å². The molecule has 122 valence electrons. The Labute approximate surface area is 142 Å². The number of hydrogen-bond acceptors (Lipinski definition) is 2. The summed E-state index contributed by atoms with van der Waals surface area (Å²) >= 11 is 6.14. The van der Waals surface area contributed by atoms with Crippen LogP contribution < -0.4 is 10.1 Å². The van der Waals surface area contributed by atoms with Crippen molar-refractivity contribution in [3.05, 3.63) is 63.7 Å². The van der Waals surface area contributed by atoms with E-state index in [9.17, 15) is 4.79 Å². The van der Waals surface area contributed by atoms with Crippen LogP contribution in [-0.4, -0.2) is 12.5 Å². The number of rotatable bonds is 5. The van der Waals surface area contributed by atoms with Crippen LogP contribution in [0.4, 0.5) is 0 Å². The van der Waals surface area contributed by atoms with E-state index in [1.807, 2.05) is 13.8 Å². The number of nitrogens with one attached hydrogen (secondary N) is 1. The fourth-order valence-corrected chi connectivity index (χ4v) is 2.82. The Balaban J connectivity index is 2.13. The van der Waals surface area contributed by atoms with Gasteiger partial charge in [0.1, 0.15) is 5.75 Å². The number of halogens is 1. The average Bonchev–Trinajstić information content (AvgIpc) is 2.49. The van der Waals surface area contributed by atoms with Crippen LogP contribution in [0, 0.1) is 13.8 Å². The molecule has 0 heterocycles. The van der Waals surface area contributed by atoms with Crippen molar-refractivity contribution in [1.29, 1.82) is 0 Å². The lowest BCUT2D eigenvalue weighted by Crippen LogP contribution is -2.27. The molecule has 0 aliphatic rings. The Morgan fingerprint density at radius 3 is 2.57 bits per heavy atom. The maximum absolute atomic E-state index is 12.4. The van der Waals surface area contributed by atoms with E-state index >= 15 is 0 Å². The van der Waals surface area contributed by atoms with Gasteiger partial charge in [0.15, 0.2) is 0 Å². The first kappa shape index (κ1) is 17.4. The molecule has 0 aliphatic carbocycles. The Morgan fingerprint density at radius 1 is 1.22 bits per heavy atom. The highest BCUT2D eigenvalue weighted by Gasteiger charge is 2.14. The minimum Gasteiger partial charge on any atom is -0.492 e. The van der Waals surface area contributed by atoms with Crippen LogP contribution >= 0.6 is 11.6 Å². The molecule has 0 saturated heterocycles. The minimum atomic E-state index is -0.151. The van der Waals surface area contributed by atoms with Gasteiger partial charge in [-0.2, -0.15) is 0 Å². The number of carbonyl (C=O) groups excluding carboxylic acids is 1. The molecule has 4 heteroatoms. The van der Waals surface area contributed by atoms with E-state index < -0.39 is 0 Å². The van der Waals surface area contributed by atoms with Crippen molar-refractivity contribution in [3.63, 3.8) is 0 Å². The topological polar surface area (TPSA) is 38.3 Å². The van der Waals surface area contributed by atoms with Gasteiger partial charge in [0, 0.05) is 5.56 Å². The predicted molar refractivity (Wildman–Crippen MR) is 94.4 cm³/mol. The Bertz CT molecular complexity index is 713. The van der Waals surface area contributed by atoms with Crippen molar-refractivity contribution in [2.45, 2.75) is 33.7 Å². The van der Waals surface area contributed by atoms with E-state index in [1.165, 1.54) is 11.1 Å². The van der Waals surface area contributed by atoms with E-state index in [4.69, 9.17) is 16.3 Å². The lowest BCUT2D eigenvalue weighted by atomic mass is 10.00. The van der Waals surface area contributed by atoms with Gasteiger partial charge in [-0.1, -0.05) is 35.4 Å². The van der Waals surface area contributed by atoms with Crippen molar-refractivity contribution < 1.29 is 9.53 Å². The standard InChI is InChI=1S/C19H22ClNO2/c1-5-23-18-9-7-15(11-17(18)20)19(22)21-14(4)16-8-6-12(2)10-13(16)3/h6-11,14H,5H2,1-4H3,(H,21,22)/t14-/m0/s1. The first-order valence-electron chi connectivity index (χ1n) is 7.72. The lowest BCUT2D eigenvalue weighted by Gasteiger charge is -2.17. The molecule has 0 unspecified atom stereocenters. The van der Waals surface area contributed by atoms with Crippen LogP contribution in [0.3, 0.4) is 0 Å². The first-order chi connectivity index (χ1) is 10.9. The lowest BCUT2D eigenvalue weighted by molar-refractivity contribution is 0.0940. The van der Waals surface area contributed by atoms with Gasteiger partial charge in [0.2, 0.25) is 0 Å². The van der Waals surface area contributed by atoms with E-state index in [-0.39, 0.29) is 11.9 Å². The monoisotopic (exact) mass is 331 g/mol. The van der Waals surface area contributed by atoms with Crippen LogP contribution in [0.1, 0.15) is 46.9 Å². The Morgan fingerprint density at radius 2 is 1.96 bits per heavy atom. The molecule has 0 aromatic heterocycles. The predicted octanol–water partition coefficient (Wildman–Crippen LogP) is 4.85. The van der Waals surface area contributed by atoms with Gasteiger partial charge in [-0.05, 0) is 57.0 Å². The third kappa shape index (κ3) is 4.26. The number of benzene rings is 2. The summed E-state index contributed by atoms with van der Waals surface area (Å²) in [5, 5.41) is 3.46. The largest absolute Gasteiger partial charge is 0.492 e. The molecule has 23 heavy (non-hydrogen) atoms. The maximum atomic E-state index is 12.4. The second-order valence-electron chi connectivity index (χ2n) is 5.63. The summed E-state index contributed by atoms with van der Waals surface area (Å²) in [6.07, 6.45) is 0. The zero-order valence-corrected chi connectivity index (χ0v) is 14.7. The molecule has 0 aliphatic heterocycles. The quantitative estimate of drug-likeness (QED) is 0.850. The van der Waals surface area contributed by atoms with E-state index in [0.717, 1.165) is 5.56 Å². The molecule has 0 bridgehead atoms. The van der Waals surface area contributed by atoms with Crippen molar-refractivity contribution in [2.24, 2.45) is 0 Å². The molecule has 2 aromatic carbocycles.